The highest BCUT2D eigenvalue weighted by molar-refractivity contribution is 7.90. The van der Waals surface area contributed by atoms with Gasteiger partial charge in [-0.15, -0.1) is 11.3 Å². The molecule has 0 aliphatic carbocycles. The molecule has 3 aromatic heterocycles. The van der Waals surface area contributed by atoms with E-state index in [1.807, 2.05) is 80.9 Å². The highest BCUT2D eigenvalue weighted by Crippen LogP contribution is 2.34. The number of carbonyl (C=O) groups is 6. The number of hydrogen-bond donors (Lipinski definition) is 4. The lowest BCUT2D eigenvalue weighted by Gasteiger charge is -2.39. The van der Waals surface area contributed by atoms with Crippen molar-refractivity contribution in [3.05, 3.63) is 119 Å². The average Bonchev–Trinajstić information content (AvgIpc) is 1.74. The van der Waals surface area contributed by atoms with Crippen LogP contribution in [-0.4, -0.2) is 194 Å². The van der Waals surface area contributed by atoms with Crippen molar-refractivity contribution >= 4 is 79.4 Å². The first kappa shape index (κ1) is 68.1. The Balaban J connectivity index is 0.696. The van der Waals surface area contributed by atoms with Gasteiger partial charge in [-0.3, -0.25) is 38.4 Å². The fraction of sp³-hybridized carbons (Fsp3) is 0.485. The molecule has 4 saturated heterocycles. The van der Waals surface area contributed by atoms with Crippen LogP contribution in [0.5, 0.6) is 0 Å². The summed E-state index contributed by atoms with van der Waals surface area (Å²) >= 11 is 1.55. The number of nitrogens with zero attached hydrogens (tertiary/aromatic N) is 7. The number of nitrogens with one attached hydrogen (secondary N) is 4. The fourth-order valence-electron chi connectivity index (χ4n) is 12.4. The highest BCUT2D eigenvalue weighted by Gasteiger charge is 2.46. The molecule has 4 aliphatic rings. The van der Waals surface area contributed by atoms with Crippen LogP contribution in [-0.2, 0) is 54.9 Å². The number of likely N-dealkylation sites (tertiary alicyclic amines) is 1. The lowest BCUT2D eigenvalue weighted by atomic mass is 9.85. The third kappa shape index (κ3) is 16.9. The molecule has 4 fully saturated rings. The molecular formula is C66H80F3N11O11S2. The van der Waals surface area contributed by atoms with Crippen LogP contribution in [0.2, 0.25) is 0 Å². The van der Waals surface area contributed by atoms with Gasteiger partial charge in [-0.05, 0) is 91.0 Å². The van der Waals surface area contributed by atoms with Gasteiger partial charge in [-0.1, -0.05) is 57.2 Å². The molecule has 3 aromatic carbocycles. The number of amides is 3. The zero-order valence-electron chi connectivity index (χ0n) is 52.9. The number of rotatable bonds is 25. The maximum absolute atomic E-state index is 15.9. The number of fused-ring (bicyclic) bond motifs is 1. The second kappa shape index (κ2) is 30.1. The first-order valence-electron chi connectivity index (χ1n) is 31.4. The molecule has 3 amide bonds. The first-order valence-corrected chi connectivity index (χ1v) is 33.8. The van der Waals surface area contributed by atoms with Gasteiger partial charge < -0.3 is 44.5 Å². The Morgan fingerprint density at radius 2 is 1.54 bits per heavy atom. The van der Waals surface area contributed by atoms with Crippen molar-refractivity contribution in [2.24, 2.45) is 11.3 Å². The topological polar surface area (TPSA) is 258 Å². The van der Waals surface area contributed by atoms with Crippen molar-refractivity contribution in [2.45, 2.75) is 104 Å². The average molecular weight is 1320 g/mol. The number of H-pyrrole nitrogens is 1. The van der Waals surface area contributed by atoms with Crippen LogP contribution < -0.4 is 20.3 Å². The van der Waals surface area contributed by atoms with Crippen molar-refractivity contribution in [3.8, 4) is 21.6 Å². The molecule has 0 radical (unpaired) electrons. The number of aromatic nitrogens is 3. The number of pyridine rings is 1. The predicted octanol–water partition coefficient (Wildman–Crippen LogP) is 7.43. The molecule has 0 unspecified atom stereocenters. The van der Waals surface area contributed by atoms with E-state index >= 15 is 8.78 Å². The number of carbonyl (C=O) groups excluding carboxylic acids is 6. The quantitative estimate of drug-likeness (QED) is 0.0247. The molecule has 4 aliphatic heterocycles. The number of alkyl halides is 1. The van der Waals surface area contributed by atoms with E-state index in [1.165, 1.54) is 18.2 Å². The summed E-state index contributed by atoms with van der Waals surface area (Å²) in [4.78, 5) is 103. The van der Waals surface area contributed by atoms with Crippen molar-refractivity contribution in [3.63, 3.8) is 0 Å². The van der Waals surface area contributed by atoms with Crippen molar-refractivity contribution in [2.75, 3.05) is 102 Å². The fourth-order valence-corrected chi connectivity index (χ4v) is 14.4. The standard InChI is InChI=1S/C66H80F3N11O11S2/c1-41-61(92-40-73-41)45-11-9-42(10-12-45)33-72-64(85)54-32-49(91-57(83)8-6-7-56(82)90-30-29-89-5)38-80(54)65(86)62(66(2,3)4)74-55(81)39-77-27-25-76(26-28-77)36-43-19-22-78(23-20-43)48-15-13-44(14-16-48)46-31-50-51(35-71-63(50)70-34-46)60(84)58-52(68)17-18-53(59(58)69)75-93(87,88)79-24-21-47(67)37-79/h9-18,31,34-35,40,43,47,49,54,62,75H,6-8,19-30,32-33,36-39H2,1-5H3,(H,70,71)(H,72,85)(H,74,81)/t47-,49-,54+,62-/m1/s1. The number of ketones is 1. The van der Waals surface area contributed by atoms with Gasteiger partial charge in [0.15, 0.2) is 5.82 Å². The second-order valence-corrected chi connectivity index (χ2v) is 27.8. The Morgan fingerprint density at radius 3 is 2.22 bits per heavy atom. The van der Waals surface area contributed by atoms with Gasteiger partial charge in [0.2, 0.25) is 23.5 Å². The van der Waals surface area contributed by atoms with Crippen molar-refractivity contribution < 1.29 is 64.6 Å². The monoisotopic (exact) mass is 1320 g/mol. The van der Waals surface area contributed by atoms with Crippen LogP contribution in [0, 0.1) is 29.9 Å². The van der Waals surface area contributed by atoms with E-state index < -0.39 is 98.9 Å². The minimum Gasteiger partial charge on any atom is -0.463 e. The number of hydrogen-bond acceptors (Lipinski definition) is 17. The van der Waals surface area contributed by atoms with Gasteiger partial charge in [0.05, 0.1) is 47.0 Å². The lowest BCUT2D eigenvalue weighted by Crippen LogP contribution is -2.59. The third-order valence-corrected chi connectivity index (χ3v) is 20.1. The second-order valence-electron chi connectivity index (χ2n) is 25.3. The van der Waals surface area contributed by atoms with Crippen molar-refractivity contribution in [1.29, 1.82) is 0 Å². The third-order valence-electron chi connectivity index (χ3n) is 17.6. The molecule has 93 heavy (non-hydrogen) atoms. The Labute approximate surface area is 543 Å². The van der Waals surface area contributed by atoms with Gasteiger partial charge in [0.25, 0.3) is 0 Å². The van der Waals surface area contributed by atoms with Gasteiger partial charge in [0, 0.05) is 126 Å². The molecule has 4 N–H and O–H groups in total. The minimum absolute atomic E-state index is 0.00733. The van der Waals surface area contributed by atoms with Crippen LogP contribution in [0.3, 0.4) is 0 Å². The maximum Gasteiger partial charge on any atom is 0.306 e. The van der Waals surface area contributed by atoms with E-state index in [1.54, 1.807) is 29.1 Å². The van der Waals surface area contributed by atoms with E-state index in [4.69, 9.17) is 14.2 Å². The molecule has 0 saturated carbocycles. The Bertz CT molecular complexity index is 3780. The molecule has 498 valence electrons. The van der Waals surface area contributed by atoms with Gasteiger partial charge in [-0.2, -0.15) is 12.7 Å². The van der Waals surface area contributed by atoms with E-state index in [-0.39, 0.29) is 83.0 Å². The summed E-state index contributed by atoms with van der Waals surface area (Å²) in [5.74, 6) is -5.40. The summed E-state index contributed by atoms with van der Waals surface area (Å²) < 4.78 is 89.5. The first-order chi connectivity index (χ1) is 44.5. The number of halogens is 3. The normalized spacial score (nSPS) is 19.0. The van der Waals surface area contributed by atoms with Gasteiger partial charge in [-0.25, -0.2) is 23.1 Å². The van der Waals surface area contributed by atoms with E-state index in [2.05, 4.69) is 40.3 Å². The molecule has 27 heteroatoms. The molecule has 4 atom stereocenters. The molecular weight excluding hydrogens is 1240 g/mol. The number of aromatic amines is 1. The number of esters is 2. The van der Waals surface area contributed by atoms with Crippen molar-refractivity contribution in [1.82, 2.24) is 44.6 Å². The molecule has 6 aromatic rings. The molecule has 7 heterocycles. The summed E-state index contributed by atoms with van der Waals surface area (Å²) in [5, 5.41) is 6.32. The van der Waals surface area contributed by atoms with Crippen LogP contribution in [0.4, 0.5) is 24.5 Å². The number of piperidine rings is 1. The predicted molar refractivity (Wildman–Crippen MR) is 345 cm³/mol. The molecule has 0 spiro atoms. The zero-order valence-corrected chi connectivity index (χ0v) is 54.5. The summed E-state index contributed by atoms with van der Waals surface area (Å²) in [6, 6.07) is 17.1. The van der Waals surface area contributed by atoms with E-state index in [9.17, 15) is 41.6 Å². The zero-order chi connectivity index (χ0) is 66.1. The van der Waals surface area contributed by atoms with Crippen LogP contribution in [0.1, 0.15) is 92.9 Å². The number of ether oxygens (including phenoxy) is 3. The summed E-state index contributed by atoms with van der Waals surface area (Å²) in [7, 11) is -2.89. The summed E-state index contributed by atoms with van der Waals surface area (Å²) in [5.41, 5.74) is 4.93. The Kier molecular flexibility index (Phi) is 22.0. The highest BCUT2D eigenvalue weighted by atomic mass is 32.2. The van der Waals surface area contributed by atoms with Crippen LogP contribution in [0.25, 0.3) is 32.6 Å². The number of piperazine rings is 1. The molecule has 0 bridgehead atoms. The van der Waals surface area contributed by atoms with Gasteiger partial charge >= 0.3 is 22.1 Å². The number of thiazole rings is 1. The number of benzene rings is 3. The summed E-state index contributed by atoms with van der Waals surface area (Å²) in [6.45, 7) is 13.0. The van der Waals surface area contributed by atoms with E-state index in [0.717, 1.165) is 95.0 Å². The molecule has 10 rings (SSSR count). The van der Waals surface area contributed by atoms with Crippen LogP contribution in [0.15, 0.2) is 84.6 Å². The number of aryl methyl sites for hydroxylation is 1. The van der Waals surface area contributed by atoms with E-state index in [0.29, 0.717) is 35.6 Å². The Hall–Kier alpha value is -7.82. The van der Waals surface area contributed by atoms with Gasteiger partial charge in [0.1, 0.15) is 42.4 Å². The number of anilines is 2. The maximum atomic E-state index is 15.9. The Morgan fingerprint density at radius 1 is 0.828 bits per heavy atom. The lowest BCUT2D eigenvalue weighted by molar-refractivity contribution is -0.150. The SMILES string of the molecule is COCCOC(=O)CCCC(=O)O[C@@H]1C[C@@H](C(=O)NCc2ccc(-c3scnc3C)cc2)N(C(=O)[C@@H](NC(=O)CN2CCN(CC3CCN(c4ccc(-c5cnc6[nH]cc(C(=O)c7c(F)ccc(NS(=O)(=O)N8CC[C@@H](F)C8)c7F)c6c5)cc4)CC3)CC2)C(C)(C)C)C1. The smallest absolute Gasteiger partial charge is 0.306 e. The van der Waals surface area contributed by atoms with Crippen LogP contribution >= 0.6 is 11.3 Å². The summed E-state index contributed by atoms with van der Waals surface area (Å²) in [6.07, 6.45) is 2.87. The molecule has 22 nitrogen and oxygen atoms in total. The largest absolute Gasteiger partial charge is 0.463 e. The minimum atomic E-state index is -4.39. The number of methoxy groups -OCH3 is 1.